The van der Waals surface area contributed by atoms with Crippen molar-refractivity contribution in [2.45, 2.75) is 71.0 Å². The van der Waals surface area contributed by atoms with Gasteiger partial charge in [-0.15, -0.1) is 0 Å². The molecule has 2 aliphatic rings. The Balaban J connectivity index is 1.77. The minimum Gasteiger partial charge on any atom is -0.383 e. The first-order valence-corrected chi connectivity index (χ1v) is 8.19. The second-order valence-electron chi connectivity index (χ2n) is 7.55. The normalized spacial score (nSPS) is 27.1. The zero-order valence-corrected chi connectivity index (χ0v) is 14.3. The molecule has 3 N–H and O–H groups in total. The van der Waals surface area contributed by atoms with E-state index < -0.39 is 23.4 Å². The van der Waals surface area contributed by atoms with Gasteiger partial charge in [0.05, 0.1) is 6.61 Å². The number of carbonyl (C=O) groups excluding carboxylic acids is 2. The van der Waals surface area contributed by atoms with Crippen LogP contribution in [0.15, 0.2) is 0 Å². The molecule has 0 bridgehead atoms. The molecule has 0 unspecified atom stereocenters. The van der Waals surface area contributed by atoms with Gasteiger partial charge in [0, 0.05) is 18.0 Å². The van der Waals surface area contributed by atoms with Crippen molar-refractivity contribution in [2.75, 3.05) is 13.2 Å². The number of ether oxygens (including phenoxy) is 2. The third kappa shape index (κ3) is 5.16. The minimum absolute atomic E-state index is 0.178. The van der Waals surface area contributed by atoms with Crippen molar-refractivity contribution in [2.24, 2.45) is 5.41 Å². The van der Waals surface area contributed by atoms with Crippen LogP contribution in [0, 0.1) is 5.41 Å². The van der Waals surface area contributed by atoms with Gasteiger partial charge >= 0.3 is 0 Å². The highest BCUT2D eigenvalue weighted by molar-refractivity contribution is 5.82. The number of amides is 2. The Kier molecular flexibility index (Phi) is 5.33. The summed E-state index contributed by atoms with van der Waals surface area (Å²) in [5.74, 6) is -1.42. The molecular formula is C16H28N2O5. The third-order valence-corrected chi connectivity index (χ3v) is 4.08. The van der Waals surface area contributed by atoms with Crippen LogP contribution in [0.25, 0.3) is 0 Å². The fraction of sp³-hybridized carbons (Fsp3) is 0.875. The Morgan fingerprint density at radius 2 is 1.91 bits per heavy atom. The van der Waals surface area contributed by atoms with Crippen LogP contribution >= 0.6 is 0 Å². The molecular weight excluding hydrogens is 300 g/mol. The first kappa shape index (κ1) is 18.2. The van der Waals surface area contributed by atoms with Crippen molar-refractivity contribution in [1.29, 1.82) is 0 Å². The lowest BCUT2D eigenvalue weighted by Crippen LogP contribution is -2.56. The summed E-state index contributed by atoms with van der Waals surface area (Å²) >= 11 is 0. The van der Waals surface area contributed by atoms with Crippen molar-refractivity contribution >= 4 is 11.8 Å². The lowest BCUT2D eigenvalue weighted by molar-refractivity contribution is -0.304. The number of hydrogen-bond donors (Lipinski definition) is 3. The average molecular weight is 328 g/mol. The van der Waals surface area contributed by atoms with E-state index in [0.717, 1.165) is 12.8 Å². The van der Waals surface area contributed by atoms with Crippen LogP contribution in [0.2, 0.25) is 0 Å². The second kappa shape index (κ2) is 6.75. The number of nitrogens with one attached hydrogen (secondary N) is 2. The van der Waals surface area contributed by atoms with Crippen molar-refractivity contribution in [3.63, 3.8) is 0 Å². The maximum Gasteiger partial charge on any atom is 0.249 e. The molecule has 7 nitrogen and oxygen atoms in total. The van der Waals surface area contributed by atoms with E-state index in [1.807, 2.05) is 13.8 Å². The van der Waals surface area contributed by atoms with Gasteiger partial charge in [-0.1, -0.05) is 13.8 Å². The van der Waals surface area contributed by atoms with Crippen molar-refractivity contribution in [1.82, 2.24) is 10.6 Å². The summed E-state index contributed by atoms with van der Waals surface area (Å²) in [4.78, 5) is 24.0. The van der Waals surface area contributed by atoms with E-state index >= 15 is 0 Å². The van der Waals surface area contributed by atoms with Gasteiger partial charge in [0.1, 0.15) is 12.2 Å². The Morgan fingerprint density at radius 3 is 2.52 bits per heavy atom. The molecule has 7 heteroatoms. The largest absolute Gasteiger partial charge is 0.383 e. The molecule has 2 atom stereocenters. The summed E-state index contributed by atoms with van der Waals surface area (Å²) in [7, 11) is 0. The predicted octanol–water partition coefficient (Wildman–Crippen LogP) is 0.310. The first-order valence-electron chi connectivity index (χ1n) is 8.19. The Labute approximate surface area is 137 Å². The van der Waals surface area contributed by atoms with Gasteiger partial charge in [-0.2, -0.15) is 0 Å². The Bertz CT molecular complexity index is 459. The van der Waals surface area contributed by atoms with Crippen LogP contribution in [-0.2, 0) is 19.1 Å². The highest BCUT2D eigenvalue weighted by Crippen LogP contribution is 2.34. The quantitative estimate of drug-likeness (QED) is 0.652. The van der Waals surface area contributed by atoms with Crippen LogP contribution in [0.4, 0.5) is 0 Å². The highest BCUT2D eigenvalue weighted by Gasteiger charge is 2.45. The molecule has 2 amide bonds. The molecule has 0 aromatic carbocycles. The third-order valence-electron chi connectivity index (χ3n) is 4.08. The molecule has 0 spiro atoms. The zero-order chi connectivity index (χ0) is 17.3. The van der Waals surface area contributed by atoms with Crippen molar-refractivity contribution < 1.29 is 24.2 Å². The van der Waals surface area contributed by atoms with Gasteiger partial charge in [0.25, 0.3) is 0 Å². The topological polar surface area (TPSA) is 96.9 Å². The molecule has 0 aromatic heterocycles. The monoisotopic (exact) mass is 328 g/mol. The molecule has 23 heavy (non-hydrogen) atoms. The second-order valence-corrected chi connectivity index (χ2v) is 7.55. The van der Waals surface area contributed by atoms with Crippen LogP contribution in [0.1, 0.15) is 47.0 Å². The summed E-state index contributed by atoms with van der Waals surface area (Å²) < 4.78 is 11.3. The maximum atomic E-state index is 12.4. The number of aliphatic hydroxyl groups excluding tert-OH is 1. The highest BCUT2D eigenvalue weighted by atomic mass is 16.7. The molecule has 1 saturated carbocycles. The van der Waals surface area contributed by atoms with Crippen molar-refractivity contribution in [3.8, 4) is 0 Å². The summed E-state index contributed by atoms with van der Waals surface area (Å²) in [5.41, 5.74) is -0.443. The summed E-state index contributed by atoms with van der Waals surface area (Å²) in [6.45, 7) is 8.00. The number of carbonyl (C=O) groups is 2. The Hall–Kier alpha value is -1.18. The standard InChI is InChI=1S/C16H28N2O5/c1-15(2)9-22-16(3,4)23-12(15)14(21)17-8-7-11(19)13(20)18-10-5-6-10/h10-12,19H,5-9H2,1-4H3,(H,17,21)(H,18,20)/t11-,12-/m0/s1. The zero-order valence-electron chi connectivity index (χ0n) is 14.3. The van der Waals surface area contributed by atoms with E-state index in [4.69, 9.17) is 9.47 Å². The summed E-state index contributed by atoms with van der Waals surface area (Å²) in [6, 6.07) is 0.213. The van der Waals surface area contributed by atoms with Gasteiger partial charge < -0.3 is 25.2 Å². The van der Waals surface area contributed by atoms with E-state index in [1.165, 1.54) is 0 Å². The van der Waals surface area contributed by atoms with E-state index in [0.29, 0.717) is 6.61 Å². The molecule has 1 heterocycles. The maximum absolute atomic E-state index is 12.4. The van der Waals surface area contributed by atoms with Gasteiger partial charge in [-0.25, -0.2) is 0 Å². The van der Waals surface area contributed by atoms with E-state index in [9.17, 15) is 14.7 Å². The van der Waals surface area contributed by atoms with Crippen LogP contribution in [0.3, 0.4) is 0 Å². The fourth-order valence-electron chi connectivity index (χ4n) is 2.40. The molecule has 132 valence electrons. The summed E-state index contributed by atoms with van der Waals surface area (Å²) in [6.07, 6.45) is 0.388. The smallest absolute Gasteiger partial charge is 0.249 e. The number of aliphatic hydroxyl groups is 1. The molecule has 0 aromatic rings. The predicted molar refractivity (Wildman–Crippen MR) is 83.5 cm³/mol. The van der Waals surface area contributed by atoms with Gasteiger partial charge in [-0.3, -0.25) is 9.59 Å². The molecule has 1 aliphatic carbocycles. The van der Waals surface area contributed by atoms with Crippen molar-refractivity contribution in [3.05, 3.63) is 0 Å². The lowest BCUT2D eigenvalue weighted by atomic mass is 9.85. The number of rotatable bonds is 6. The number of hydrogen-bond acceptors (Lipinski definition) is 5. The minimum atomic E-state index is -1.10. The van der Waals surface area contributed by atoms with Gasteiger partial charge in [0.2, 0.25) is 11.8 Å². The van der Waals surface area contributed by atoms with Gasteiger partial charge in [0.15, 0.2) is 5.79 Å². The molecule has 0 radical (unpaired) electrons. The molecule has 1 aliphatic heterocycles. The first-order chi connectivity index (χ1) is 10.6. The van der Waals surface area contributed by atoms with Crippen LogP contribution < -0.4 is 10.6 Å². The Morgan fingerprint density at radius 1 is 1.26 bits per heavy atom. The van der Waals surface area contributed by atoms with Crippen LogP contribution in [0.5, 0.6) is 0 Å². The van der Waals surface area contributed by atoms with Gasteiger partial charge in [-0.05, 0) is 33.1 Å². The summed E-state index contributed by atoms with van der Waals surface area (Å²) in [5, 5.41) is 15.3. The molecule has 2 rings (SSSR count). The van der Waals surface area contributed by atoms with E-state index in [2.05, 4.69) is 10.6 Å². The molecule has 2 fully saturated rings. The molecule has 1 saturated heterocycles. The van der Waals surface area contributed by atoms with E-state index in [-0.39, 0.29) is 30.8 Å². The van der Waals surface area contributed by atoms with Crippen LogP contribution in [-0.4, -0.2) is 54.1 Å². The lowest BCUT2D eigenvalue weighted by Gasteiger charge is -2.44. The fourth-order valence-corrected chi connectivity index (χ4v) is 2.40. The SMILES string of the molecule is CC1(C)OCC(C)(C)[C@H](C(=O)NCC[C@H](O)C(=O)NC2CC2)O1. The van der Waals surface area contributed by atoms with E-state index in [1.54, 1.807) is 13.8 Å². The average Bonchev–Trinajstić information content (AvgIpc) is 3.25.